The molecule has 0 spiro atoms. The van der Waals surface area contributed by atoms with Crippen LogP contribution in [-0.4, -0.2) is 6.54 Å². The molecule has 0 amide bonds. The minimum Gasteiger partial charge on any atom is -0.310 e. The number of rotatable bonds is 5. The normalized spacial score (nSPS) is 12.4. The lowest BCUT2D eigenvalue weighted by atomic mass is 9.96. The van der Waals surface area contributed by atoms with E-state index in [1.807, 2.05) is 6.07 Å². The van der Waals surface area contributed by atoms with Gasteiger partial charge in [0.1, 0.15) is 0 Å². The highest BCUT2D eigenvalue weighted by Crippen LogP contribution is 2.28. The van der Waals surface area contributed by atoms with Crippen LogP contribution >= 0.6 is 27.5 Å². The van der Waals surface area contributed by atoms with Crippen LogP contribution in [0.25, 0.3) is 0 Å². The zero-order chi connectivity index (χ0) is 15.4. The van der Waals surface area contributed by atoms with Gasteiger partial charge in [-0.1, -0.05) is 53.9 Å². The number of nitrogens with one attached hydrogen (secondary N) is 1. The Morgan fingerprint density at radius 2 is 1.76 bits per heavy atom. The Morgan fingerprint density at radius 1 is 1.10 bits per heavy atom. The van der Waals surface area contributed by atoms with Crippen LogP contribution in [0, 0.1) is 13.8 Å². The van der Waals surface area contributed by atoms with Gasteiger partial charge in [0.25, 0.3) is 0 Å². The molecule has 1 N–H and O–H groups in total. The summed E-state index contributed by atoms with van der Waals surface area (Å²) in [5.41, 5.74) is 5.26. The maximum atomic E-state index is 6.10. The van der Waals surface area contributed by atoms with Crippen molar-refractivity contribution in [3.05, 3.63) is 68.1 Å². The summed E-state index contributed by atoms with van der Waals surface area (Å²) in [5.74, 6) is 0. The molecule has 1 atom stereocenters. The number of halogens is 2. The molecule has 112 valence electrons. The molecule has 1 unspecified atom stereocenters. The van der Waals surface area contributed by atoms with Crippen LogP contribution in [0.5, 0.6) is 0 Å². The molecule has 21 heavy (non-hydrogen) atoms. The largest absolute Gasteiger partial charge is 0.310 e. The van der Waals surface area contributed by atoms with E-state index >= 15 is 0 Å². The monoisotopic (exact) mass is 365 g/mol. The average molecular weight is 367 g/mol. The van der Waals surface area contributed by atoms with Crippen molar-refractivity contribution >= 4 is 27.5 Å². The Labute approximate surface area is 140 Å². The molecule has 0 saturated heterocycles. The van der Waals surface area contributed by atoms with Crippen LogP contribution in [0.1, 0.15) is 35.2 Å². The molecule has 0 aliphatic carbocycles. The van der Waals surface area contributed by atoms with E-state index in [4.69, 9.17) is 11.6 Å². The summed E-state index contributed by atoms with van der Waals surface area (Å²) in [6, 6.07) is 13.2. The fourth-order valence-electron chi connectivity index (χ4n) is 2.71. The Balaban J connectivity index is 2.27. The molecule has 2 aromatic carbocycles. The van der Waals surface area contributed by atoms with Crippen molar-refractivity contribution in [3.63, 3.8) is 0 Å². The summed E-state index contributed by atoms with van der Waals surface area (Å²) in [6.45, 7) is 7.38. The van der Waals surface area contributed by atoms with Gasteiger partial charge in [-0.15, -0.1) is 0 Å². The first-order chi connectivity index (χ1) is 9.99. The third-order valence-electron chi connectivity index (χ3n) is 3.52. The van der Waals surface area contributed by atoms with Crippen LogP contribution < -0.4 is 5.32 Å². The summed E-state index contributed by atoms with van der Waals surface area (Å²) in [6.07, 6.45) is 0.977. The molecule has 3 heteroatoms. The molecule has 0 heterocycles. The van der Waals surface area contributed by atoms with Crippen molar-refractivity contribution < 1.29 is 0 Å². The smallest absolute Gasteiger partial charge is 0.0548 e. The Bertz CT molecular complexity index is 604. The molecule has 0 saturated carbocycles. The van der Waals surface area contributed by atoms with E-state index in [9.17, 15) is 0 Å². The molecule has 0 aliphatic rings. The lowest BCUT2D eigenvalue weighted by Crippen LogP contribution is -2.23. The molecular formula is C18H21BrClN. The van der Waals surface area contributed by atoms with Crippen molar-refractivity contribution in [2.45, 2.75) is 33.2 Å². The molecule has 2 rings (SSSR count). The summed E-state index contributed by atoms with van der Waals surface area (Å²) in [7, 11) is 0. The number of benzene rings is 2. The third kappa shape index (κ3) is 4.57. The van der Waals surface area contributed by atoms with Gasteiger partial charge >= 0.3 is 0 Å². The lowest BCUT2D eigenvalue weighted by molar-refractivity contribution is 0.549. The fraction of sp³-hybridized carbons (Fsp3) is 0.333. The van der Waals surface area contributed by atoms with Crippen molar-refractivity contribution in [1.29, 1.82) is 0 Å². The first-order valence-electron chi connectivity index (χ1n) is 7.25. The number of hydrogen-bond donors (Lipinski definition) is 1. The van der Waals surface area contributed by atoms with Gasteiger partial charge in [0, 0.05) is 10.5 Å². The van der Waals surface area contributed by atoms with Crippen LogP contribution in [-0.2, 0) is 6.42 Å². The molecule has 0 bridgehead atoms. The first kappa shape index (κ1) is 16.5. The van der Waals surface area contributed by atoms with E-state index in [-0.39, 0.29) is 0 Å². The second kappa shape index (κ2) is 7.44. The Kier molecular flexibility index (Phi) is 5.86. The van der Waals surface area contributed by atoms with E-state index in [0.29, 0.717) is 6.04 Å². The van der Waals surface area contributed by atoms with Gasteiger partial charge in [-0.2, -0.15) is 0 Å². The number of aryl methyl sites for hydroxylation is 2. The molecule has 0 aliphatic heterocycles. The Hall–Kier alpha value is -0.830. The van der Waals surface area contributed by atoms with Crippen molar-refractivity contribution in [1.82, 2.24) is 5.32 Å². The second-order valence-electron chi connectivity index (χ2n) is 5.48. The number of likely N-dealkylation sites (N-methyl/N-ethyl adjacent to an activating group) is 1. The summed E-state index contributed by atoms with van der Waals surface area (Å²) >= 11 is 9.61. The standard InChI is InChI=1S/C18H21BrClN/c1-4-21-18(15-5-6-17(20)16(19)11-15)10-14-8-12(2)7-13(3)9-14/h5-9,11,18,21H,4,10H2,1-3H3. The molecule has 0 aromatic heterocycles. The predicted octanol–water partition coefficient (Wildman–Crippen LogP) is 5.61. The van der Waals surface area contributed by atoms with E-state index in [1.54, 1.807) is 0 Å². The topological polar surface area (TPSA) is 12.0 Å². The van der Waals surface area contributed by atoms with Crippen LogP contribution in [0.15, 0.2) is 40.9 Å². The highest BCUT2D eigenvalue weighted by atomic mass is 79.9. The summed E-state index contributed by atoms with van der Waals surface area (Å²) in [4.78, 5) is 0. The van der Waals surface area contributed by atoms with Gasteiger partial charge in [-0.3, -0.25) is 0 Å². The fourth-order valence-corrected chi connectivity index (χ4v) is 3.22. The summed E-state index contributed by atoms with van der Waals surface area (Å²) < 4.78 is 0.949. The van der Waals surface area contributed by atoms with Crippen LogP contribution in [0.3, 0.4) is 0 Å². The minimum absolute atomic E-state index is 0.296. The Morgan fingerprint density at radius 3 is 2.33 bits per heavy atom. The third-order valence-corrected chi connectivity index (χ3v) is 4.73. The van der Waals surface area contributed by atoms with Crippen molar-refractivity contribution in [2.75, 3.05) is 6.54 Å². The van der Waals surface area contributed by atoms with E-state index in [1.165, 1.54) is 22.3 Å². The van der Waals surface area contributed by atoms with Crippen molar-refractivity contribution in [2.24, 2.45) is 0 Å². The van der Waals surface area contributed by atoms with E-state index in [0.717, 1.165) is 22.5 Å². The van der Waals surface area contributed by atoms with E-state index < -0.39 is 0 Å². The zero-order valence-electron chi connectivity index (χ0n) is 12.7. The first-order valence-corrected chi connectivity index (χ1v) is 8.42. The minimum atomic E-state index is 0.296. The van der Waals surface area contributed by atoms with E-state index in [2.05, 4.69) is 72.3 Å². The molecule has 1 nitrogen and oxygen atoms in total. The molecule has 2 aromatic rings. The van der Waals surface area contributed by atoms with Gasteiger partial charge < -0.3 is 5.32 Å². The predicted molar refractivity (Wildman–Crippen MR) is 95.2 cm³/mol. The SMILES string of the molecule is CCNC(Cc1cc(C)cc(C)c1)c1ccc(Cl)c(Br)c1. The highest BCUT2D eigenvalue weighted by molar-refractivity contribution is 9.10. The van der Waals surface area contributed by atoms with Crippen LogP contribution in [0.4, 0.5) is 0 Å². The maximum absolute atomic E-state index is 6.10. The lowest BCUT2D eigenvalue weighted by Gasteiger charge is -2.20. The van der Waals surface area contributed by atoms with Gasteiger partial charge in [0.05, 0.1) is 5.02 Å². The number of hydrogen-bond acceptors (Lipinski definition) is 1. The van der Waals surface area contributed by atoms with Gasteiger partial charge in [-0.25, -0.2) is 0 Å². The van der Waals surface area contributed by atoms with Gasteiger partial charge in [-0.05, 0) is 66.0 Å². The second-order valence-corrected chi connectivity index (χ2v) is 6.75. The quantitative estimate of drug-likeness (QED) is 0.725. The van der Waals surface area contributed by atoms with Crippen molar-refractivity contribution in [3.8, 4) is 0 Å². The van der Waals surface area contributed by atoms with Gasteiger partial charge in [0.2, 0.25) is 0 Å². The molecular weight excluding hydrogens is 346 g/mol. The maximum Gasteiger partial charge on any atom is 0.0548 e. The molecule has 0 radical (unpaired) electrons. The van der Waals surface area contributed by atoms with Crippen LogP contribution in [0.2, 0.25) is 5.02 Å². The summed E-state index contributed by atoms with van der Waals surface area (Å²) in [5, 5.41) is 4.32. The van der Waals surface area contributed by atoms with Gasteiger partial charge in [0.15, 0.2) is 0 Å². The highest BCUT2D eigenvalue weighted by Gasteiger charge is 2.13. The average Bonchev–Trinajstić information content (AvgIpc) is 2.40. The molecule has 0 fully saturated rings. The zero-order valence-corrected chi connectivity index (χ0v) is 15.1.